The molecule has 1 fully saturated rings. The Kier molecular flexibility index (Phi) is 4.91. The van der Waals surface area contributed by atoms with Gasteiger partial charge < -0.3 is 5.32 Å². The van der Waals surface area contributed by atoms with Gasteiger partial charge in [0.1, 0.15) is 0 Å². The van der Waals surface area contributed by atoms with Crippen LogP contribution in [0.25, 0.3) is 0 Å². The van der Waals surface area contributed by atoms with Crippen LogP contribution < -0.4 is 5.32 Å². The quantitative estimate of drug-likeness (QED) is 0.850. The van der Waals surface area contributed by atoms with E-state index in [4.69, 9.17) is 5.26 Å². The van der Waals surface area contributed by atoms with Crippen molar-refractivity contribution in [3.8, 4) is 6.07 Å². The van der Waals surface area contributed by atoms with E-state index in [1.807, 2.05) is 12.1 Å². The lowest BCUT2D eigenvalue weighted by atomic mass is 10.0. The summed E-state index contributed by atoms with van der Waals surface area (Å²) in [7, 11) is 0. The fourth-order valence-electron chi connectivity index (χ4n) is 2.41. The first-order valence-corrected chi connectivity index (χ1v) is 6.87. The number of nitriles is 1. The molecule has 0 unspecified atom stereocenters. The zero-order chi connectivity index (χ0) is 14.4. The summed E-state index contributed by atoms with van der Waals surface area (Å²) in [5.41, 5.74) is 1.18. The van der Waals surface area contributed by atoms with E-state index in [0.29, 0.717) is 11.1 Å². The number of hydrogen-bond acceptors (Lipinski definition) is 3. The van der Waals surface area contributed by atoms with E-state index in [1.165, 1.54) is 0 Å². The highest BCUT2D eigenvalue weighted by Gasteiger charge is 2.20. The van der Waals surface area contributed by atoms with Crippen molar-refractivity contribution in [1.29, 1.82) is 5.26 Å². The molecular weight excluding hydrogens is 250 g/mol. The Morgan fingerprint density at radius 3 is 2.60 bits per heavy atom. The van der Waals surface area contributed by atoms with E-state index in [1.54, 1.807) is 24.3 Å². The van der Waals surface area contributed by atoms with Crippen LogP contribution in [-0.4, -0.2) is 36.5 Å². The summed E-state index contributed by atoms with van der Waals surface area (Å²) >= 11 is 0. The Bertz CT molecular complexity index is 508. The third kappa shape index (κ3) is 3.69. The second kappa shape index (κ2) is 6.88. The Morgan fingerprint density at radius 1 is 1.40 bits per heavy atom. The van der Waals surface area contributed by atoms with Gasteiger partial charge in [0.25, 0.3) is 5.91 Å². The molecule has 0 saturated carbocycles. The number of hydrogen-bond donors (Lipinski definition) is 1. The summed E-state index contributed by atoms with van der Waals surface area (Å²) < 4.78 is 0. The van der Waals surface area contributed by atoms with Crippen LogP contribution in [0.5, 0.6) is 0 Å². The normalized spacial score (nSPS) is 16.4. The van der Waals surface area contributed by atoms with Crippen molar-refractivity contribution in [2.24, 2.45) is 0 Å². The average molecular weight is 269 g/mol. The van der Waals surface area contributed by atoms with Gasteiger partial charge in [0.15, 0.2) is 0 Å². The van der Waals surface area contributed by atoms with Crippen LogP contribution in [0.3, 0.4) is 0 Å². The highest BCUT2D eigenvalue weighted by molar-refractivity contribution is 5.94. The lowest BCUT2D eigenvalue weighted by molar-refractivity contribution is 0.0914. The van der Waals surface area contributed by atoms with E-state index in [-0.39, 0.29) is 11.9 Å². The third-order valence-electron chi connectivity index (χ3n) is 3.59. The van der Waals surface area contributed by atoms with Gasteiger partial charge in [-0.2, -0.15) is 5.26 Å². The summed E-state index contributed by atoms with van der Waals surface area (Å²) in [6.07, 6.45) is 3.85. The SMILES string of the molecule is C=CCN1CCC(NC(=O)c2ccc(C#N)cc2)CC1. The second-order valence-electron chi connectivity index (χ2n) is 5.03. The predicted molar refractivity (Wildman–Crippen MR) is 78.3 cm³/mol. The Balaban J connectivity index is 1.86. The van der Waals surface area contributed by atoms with Gasteiger partial charge in [0, 0.05) is 31.2 Å². The molecule has 0 radical (unpaired) electrons. The first kappa shape index (κ1) is 14.3. The lowest BCUT2D eigenvalue weighted by Gasteiger charge is -2.31. The molecule has 1 aliphatic rings. The molecule has 0 bridgehead atoms. The molecule has 1 aromatic carbocycles. The van der Waals surface area contributed by atoms with Crippen LogP contribution in [0.15, 0.2) is 36.9 Å². The average Bonchev–Trinajstić information content (AvgIpc) is 2.49. The van der Waals surface area contributed by atoms with Crippen LogP contribution in [0.4, 0.5) is 0 Å². The summed E-state index contributed by atoms with van der Waals surface area (Å²) in [5.74, 6) is -0.0586. The molecule has 2 rings (SSSR count). The van der Waals surface area contributed by atoms with Crippen LogP contribution in [0, 0.1) is 11.3 Å². The molecule has 1 heterocycles. The molecule has 1 aromatic rings. The maximum Gasteiger partial charge on any atom is 0.251 e. The van der Waals surface area contributed by atoms with Gasteiger partial charge in [0.2, 0.25) is 0 Å². The van der Waals surface area contributed by atoms with Crippen molar-refractivity contribution >= 4 is 5.91 Å². The molecule has 0 aliphatic carbocycles. The van der Waals surface area contributed by atoms with Crippen molar-refractivity contribution in [3.05, 3.63) is 48.0 Å². The fourth-order valence-corrected chi connectivity index (χ4v) is 2.41. The molecule has 1 amide bonds. The molecule has 20 heavy (non-hydrogen) atoms. The molecule has 0 spiro atoms. The predicted octanol–water partition coefficient (Wildman–Crippen LogP) is 1.94. The number of rotatable bonds is 4. The van der Waals surface area contributed by atoms with E-state index in [0.717, 1.165) is 32.5 Å². The van der Waals surface area contributed by atoms with Gasteiger partial charge in [-0.15, -0.1) is 6.58 Å². The van der Waals surface area contributed by atoms with E-state index >= 15 is 0 Å². The standard InChI is InChI=1S/C16H19N3O/c1-2-9-19-10-7-15(8-11-19)18-16(20)14-5-3-13(12-17)4-6-14/h2-6,15H,1,7-11H2,(H,18,20). The number of benzene rings is 1. The number of carbonyl (C=O) groups is 1. The minimum atomic E-state index is -0.0586. The largest absolute Gasteiger partial charge is 0.349 e. The van der Waals surface area contributed by atoms with E-state index in [2.05, 4.69) is 16.8 Å². The highest BCUT2D eigenvalue weighted by Crippen LogP contribution is 2.11. The van der Waals surface area contributed by atoms with Gasteiger partial charge in [-0.3, -0.25) is 9.69 Å². The summed E-state index contributed by atoms with van der Waals surface area (Å²) in [6.45, 7) is 6.64. The topological polar surface area (TPSA) is 56.1 Å². The number of carbonyl (C=O) groups excluding carboxylic acids is 1. The molecule has 1 N–H and O–H groups in total. The van der Waals surface area contributed by atoms with Crippen molar-refractivity contribution < 1.29 is 4.79 Å². The molecule has 1 saturated heterocycles. The smallest absolute Gasteiger partial charge is 0.251 e. The van der Waals surface area contributed by atoms with Crippen LogP contribution >= 0.6 is 0 Å². The Labute approximate surface area is 119 Å². The third-order valence-corrected chi connectivity index (χ3v) is 3.59. The fraction of sp³-hybridized carbons (Fsp3) is 0.375. The summed E-state index contributed by atoms with van der Waals surface area (Å²) in [4.78, 5) is 14.4. The summed E-state index contributed by atoms with van der Waals surface area (Å²) in [5, 5.41) is 11.8. The van der Waals surface area contributed by atoms with Gasteiger partial charge in [-0.25, -0.2) is 0 Å². The first-order valence-electron chi connectivity index (χ1n) is 6.87. The van der Waals surface area contributed by atoms with Crippen molar-refractivity contribution in [2.45, 2.75) is 18.9 Å². The summed E-state index contributed by atoms with van der Waals surface area (Å²) in [6, 6.07) is 9.01. The number of amides is 1. The van der Waals surface area contributed by atoms with Crippen molar-refractivity contribution in [2.75, 3.05) is 19.6 Å². The number of piperidine rings is 1. The van der Waals surface area contributed by atoms with Gasteiger partial charge in [-0.1, -0.05) is 6.08 Å². The molecule has 0 aromatic heterocycles. The number of likely N-dealkylation sites (tertiary alicyclic amines) is 1. The van der Waals surface area contributed by atoms with Gasteiger partial charge in [0.05, 0.1) is 11.6 Å². The van der Waals surface area contributed by atoms with Crippen LogP contribution in [0.2, 0.25) is 0 Å². The highest BCUT2D eigenvalue weighted by atomic mass is 16.1. The minimum Gasteiger partial charge on any atom is -0.349 e. The van der Waals surface area contributed by atoms with Crippen LogP contribution in [-0.2, 0) is 0 Å². The molecule has 4 nitrogen and oxygen atoms in total. The molecule has 1 aliphatic heterocycles. The zero-order valence-electron chi connectivity index (χ0n) is 11.5. The van der Waals surface area contributed by atoms with Gasteiger partial charge >= 0.3 is 0 Å². The second-order valence-corrected chi connectivity index (χ2v) is 5.03. The maximum atomic E-state index is 12.1. The maximum absolute atomic E-state index is 12.1. The molecular formula is C16H19N3O. The Morgan fingerprint density at radius 2 is 2.05 bits per heavy atom. The number of nitrogens with one attached hydrogen (secondary N) is 1. The molecule has 4 heteroatoms. The van der Waals surface area contributed by atoms with Gasteiger partial charge in [-0.05, 0) is 37.1 Å². The lowest BCUT2D eigenvalue weighted by Crippen LogP contribution is -2.44. The van der Waals surface area contributed by atoms with E-state index in [9.17, 15) is 4.79 Å². The first-order chi connectivity index (χ1) is 9.72. The number of nitrogens with zero attached hydrogens (tertiary/aromatic N) is 2. The zero-order valence-corrected chi connectivity index (χ0v) is 11.5. The Hall–Kier alpha value is -2.12. The van der Waals surface area contributed by atoms with Crippen molar-refractivity contribution in [3.63, 3.8) is 0 Å². The monoisotopic (exact) mass is 269 g/mol. The van der Waals surface area contributed by atoms with Crippen molar-refractivity contribution in [1.82, 2.24) is 10.2 Å². The van der Waals surface area contributed by atoms with Crippen LogP contribution in [0.1, 0.15) is 28.8 Å². The molecule has 104 valence electrons. The van der Waals surface area contributed by atoms with E-state index < -0.39 is 0 Å². The molecule has 0 atom stereocenters. The minimum absolute atomic E-state index is 0.0586.